The van der Waals surface area contributed by atoms with Gasteiger partial charge in [0.05, 0.1) is 10.0 Å². The summed E-state index contributed by atoms with van der Waals surface area (Å²) in [6.07, 6.45) is 1.61. The molecule has 0 aromatic heterocycles. The van der Waals surface area contributed by atoms with E-state index in [1.807, 2.05) is 19.2 Å². The van der Waals surface area contributed by atoms with Gasteiger partial charge in [0.2, 0.25) is 0 Å². The fourth-order valence-corrected chi connectivity index (χ4v) is 3.01. The largest absolute Gasteiger partial charge is 0.316 e. The molecule has 2 rings (SSSR count). The second-order valence-electron chi connectivity index (χ2n) is 4.88. The summed E-state index contributed by atoms with van der Waals surface area (Å²) in [6, 6.07) is 10.7. The van der Waals surface area contributed by atoms with Crippen molar-refractivity contribution in [3.8, 4) is 0 Å². The lowest BCUT2D eigenvalue weighted by Gasteiger charge is -2.17. The van der Waals surface area contributed by atoms with E-state index in [1.54, 1.807) is 12.1 Å². The molecule has 2 aromatic carbocycles. The average Bonchev–Trinajstić information content (AvgIpc) is 2.44. The molecule has 1 N–H and O–H groups in total. The molecule has 0 radical (unpaired) electrons. The van der Waals surface area contributed by atoms with Crippen molar-refractivity contribution in [1.29, 1.82) is 0 Å². The summed E-state index contributed by atoms with van der Waals surface area (Å²) >= 11 is 15.4. The molecule has 1 nitrogen and oxygen atoms in total. The van der Waals surface area contributed by atoms with Crippen molar-refractivity contribution in [2.45, 2.75) is 18.9 Å². The molecule has 0 bridgehead atoms. The number of nitrogens with one attached hydrogen (secondary N) is 1. The van der Waals surface area contributed by atoms with E-state index in [9.17, 15) is 4.39 Å². The van der Waals surface area contributed by atoms with Crippen LogP contribution in [0.15, 0.2) is 40.9 Å². The van der Waals surface area contributed by atoms with E-state index in [4.69, 9.17) is 23.2 Å². The Morgan fingerprint density at radius 2 is 1.86 bits per heavy atom. The van der Waals surface area contributed by atoms with Crippen LogP contribution in [0.2, 0.25) is 10.0 Å². The van der Waals surface area contributed by atoms with Gasteiger partial charge in [-0.25, -0.2) is 4.39 Å². The average molecular weight is 391 g/mol. The fraction of sp³-hybridized carbons (Fsp3) is 0.250. The fourth-order valence-electron chi connectivity index (χ4n) is 2.18. The third-order valence-corrected chi connectivity index (χ3v) is 4.83. The standard InChI is InChI=1S/C16H15BrCl2FN/c1-21-13(6-10-2-5-15(18)16(19)7-10)8-11-3-4-12(20)9-14(11)17/h2-5,7,9,13,21H,6,8H2,1H3. The summed E-state index contributed by atoms with van der Waals surface area (Å²) in [5.74, 6) is -0.240. The van der Waals surface area contributed by atoms with Gasteiger partial charge < -0.3 is 5.32 Å². The lowest BCUT2D eigenvalue weighted by molar-refractivity contribution is 0.554. The maximum atomic E-state index is 13.1. The van der Waals surface area contributed by atoms with E-state index in [-0.39, 0.29) is 11.9 Å². The summed E-state index contributed by atoms with van der Waals surface area (Å²) in [5.41, 5.74) is 2.18. The van der Waals surface area contributed by atoms with Crippen LogP contribution in [-0.2, 0) is 12.8 Å². The highest BCUT2D eigenvalue weighted by Crippen LogP contribution is 2.24. The smallest absolute Gasteiger partial charge is 0.124 e. The van der Waals surface area contributed by atoms with Gasteiger partial charge in [0.25, 0.3) is 0 Å². The van der Waals surface area contributed by atoms with Gasteiger partial charge in [0, 0.05) is 10.5 Å². The first kappa shape index (κ1) is 16.8. The molecular formula is C16H15BrCl2FN. The van der Waals surface area contributed by atoms with Crippen molar-refractivity contribution in [2.75, 3.05) is 7.05 Å². The Kier molecular flexibility index (Phi) is 6.06. The van der Waals surface area contributed by atoms with Crippen molar-refractivity contribution in [3.05, 3.63) is 67.9 Å². The predicted octanol–water partition coefficient (Wildman–Crippen LogP) is 5.27. The zero-order valence-corrected chi connectivity index (χ0v) is 14.6. The molecule has 112 valence electrons. The molecule has 1 atom stereocenters. The van der Waals surface area contributed by atoms with E-state index >= 15 is 0 Å². The van der Waals surface area contributed by atoms with Crippen LogP contribution in [0.3, 0.4) is 0 Å². The number of hydrogen-bond donors (Lipinski definition) is 1. The molecule has 0 aliphatic carbocycles. The Labute approximate surface area is 142 Å². The highest BCUT2D eigenvalue weighted by atomic mass is 79.9. The van der Waals surface area contributed by atoms with Crippen LogP contribution in [0.25, 0.3) is 0 Å². The minimum absolute atomic E-state index is 0.226. The minimum Gasteiger partial charge on any atom is -0.316 e. The van der Waals surface area contributed by atoms with Gasteiger partial charge in [-0.1, -0.05) is 51.3 Å². The van der Waals surface area contributed by atoms with E-state index in [0.29, 0.717) is 10.0 Å². The topological polar surface area (TPSA) is 12.0 Å². The number of halogens is 4. The van der Waals surface area contributed by atoms with Crippen LogP contribution in [-0.4, -0.2) is 13.1 Å². The number of benzene rings is 2. The quantitative estimate of drug-likeness (QED) is 0.733. The molecule has 21 heavy (non-hydrogen) atoms. The Hall–Kier alpha value is -0.610. The second-order valence-corrected chi connectivity index (χ2v) is 6.55. The van der Waals surface area contributed by atoms with Crippen LogP contribution < -0.4 is 5.32 Å². The summed E-state index contributed by atoms with van der Waals surface area (Å²) in [4.78, 5) is 0. The van der Waals surface area contributed by atoms with Gasteiger partial charge in [-0.2, -0.15) is 0 Å². The third-order valence-electron chi connectivity index (χ3n) is 3.36. The van der Waals surface area contributed by atoms with Gasteiger partial charge in [-0.3, -0.25) is 0 Å². The third kappa shape index (κ3) is 4.68. The maximum absolute atomic E-state index is 13.1. The second kappa shape index (κ2) is 7.59. The Morgan fingerprint density at radius 1 is 1.10 bits per heavy atom. The minimum atomic E-state index is -0.240. The predicted molar refractivity (Wildman–Crippen MR) is 90.8 cm³/mol. The normalized spacial score (nSPS) is 12.4. The Bertz CT molecular complexity index is 634. The molecular weight excluding hydrogens is 376 g/mol. The SMILES string of the molecule is CNC(Cc1ccc(Cl)c(Cl)c1)Cc1ccc(F)cc1Br. The van der Waals surface area contributed by atoms with Gasteiger partial charge in [0.15, 0.2) is 0 Å². The number of likely N-dealkylation sites (N-methyl/N-ethyl adjacent to an activating group) is 1. The van der Waals surface area contributed by atoms with Gasteiger partial charge in [0.1, 0.15) is 5.82 Å². The molecule has 5 heteroatoms. The van der Waals surface area contributed by atoms with Gasteiger partial charge in [-0.05, 0) is 55.3 Å². The molecule has 0 fully saturated rings. The first-order valence-corrected chi connectivity index (χ1v) is 8.09. The molecule has 0 saturated heterocycles. The van der Waals surface area contributed by atoms with Crippen LogP contribution in [0.5, 0.6) is 0 Å². The monoisotopic (exact) mass is 389 g/mol. The molecule has 0 spiro atoms. The zero-order valence-electron chi connectivity index (χ0n) is 11.5. The highest BCUT2D eigenvalue weighted by molar-refractivity contribution is 9.10. The van der Waals surface area contributed by atoms with Crippen molar-refractivity contribution >= 4 is 39.1 Å². The molecule has 0 amide bonds. The first-order valence-electron chi connectivity index (χ1n) is 6.54. The molecule has 1 unspecified atom stereocenters. The van der Waals surface area contributed by atoms with Crippen molar-refractivity contribution in [3.63, 3.8) is 0 Å². The van der Waals surface area contributed by atoms with Gasteiger partial charge >= 0.3 is 0 Å². The van der Waals surface area contributed by atoms with Gasteiger partial charge in [-0.15, -0.1) is 0 Å². The van der Waals surface area contributed by atoms with E-state index in [0.717, 1.165) is 28.4 Å². The van der Waals surface area contributed by atoms with E-state index < -0.39 is 0 Å². The summed E-state index contributed by atoms with van der Waals surface area (Å²) < 4.78 is 13.9. The number of hydrogen-bond acceptors (Lipinski definition) is 1. The molecule has 0 saturated carbocycles. The lowest BCUT2D eigenvalue weighted by atomic mass is 9.99. The molecule has 2 aromatic rings. The lowest BCUT2D eigenvalue weighted by Crippen LogP contribution is -2.30. The zero-order chi connectivity index (χ0) is 15.4. The Morgan fingerprint density at radius 3 is 2.48 bits per heavy atom. The van der Waals surface area contributed by atoms with E-state index in [1.165, 1.54) is 12.1 Å². The first-order chi connectivity index (χ1) is 9.99. The summed E-state index contributed by atoms with van der Waals surface area (Å²) in [6.45, 7) is 0. The molecule has 0 aliphatic heterocycles. The van der Waals surface area contributed by atoms with Crippen LogP contribution in [0, 0.1) is 5.82 Å². The molecule has 0 heterocycles. The van der Waals surface area contributed by atoms with E-state index in [2.05, 4.69) is 21.2 Å². The number of rotatable bonds is 5. The van der Waals surface area contributed by atoms with Crippen molar-refractivity contribution in [1.82, 2.24) is 5.32 Å². The van der Waals surface area contributed by atoms with Crippen LogP contribution in [0.1, 0.15) is 11.1 Å². The van der Waals surface area contributed by atoms with Crippen LogP contribution >= 0.6 is 39.1 Å². The Balaban J connectivity index is 2.10. The van der Waals surface area contributed by atoms with Crippen molar-refractivity contribution < 1.29 is 4.39 Å². The van der Waals surface area contributed by atoms with Crippen LogP contribution in [0.4, 0.5) is 4.39 Å². The summed E-state index contributed by atoms with van der Waals surface area (Å²) in [7, 11) is 1.92. The highest BCUT2D eigenvalue weighted by Gasteiger charge is 2.12. The summed E-state index contributed by atoms with van der Waals surface area (Å²) in [5, 5.41) is 4.40. The van der Waals surface area contributed by atoms with Crippen molar-refractivity contribution in [2.24, 2.45) is 0 Å². The molecule has 0 aliphatic rings. The maximum Gasteiger partial charge on any atom is 0.124 e.